The van der Waals surface area contributed by atoms with E-state index < -0.39 is 4.92 Å². The summed E-state index contributed by atoms with van der Waals surface area (Å²) >= 11 is 5.75. The number of benzene rings is 2. The molecular weight excluding hydrogens is 280 g/mol. The first-order valence-electron chi connectivity index (χ1n) is 5.79. The maximum absolute atomic E-state index is 12.0. The highest BCUT2D eigenvalue weighted by Crippen LogP contribution is 2.22. The van der Waals surface area contributed by atoms with Gasteiger partial charge in [-0.2, -0.15) is 0 Å². The Bertz CT molecular complexity index is 669. The lowest BCUT2D eigenvalue weighted by atomic mass is 10.1. The van der Waals surface area contributed by atoms with Crippen LogP contribution in [0.15, 0.2) is 42.5 Å². The molecule has 0 heterocycles. The monoisotopic (exact) mass is 290 g/mol. The number of nitrogens with one attached hydrogen (secondary N) is 1. The van der Waals surface area contributed by atoms with Crippen molar-refractivity contribution in [1.82, 2.24) is 0 Å². The smallest absolute Gasteiger partial charge is 0.271 e. The van der Waals surface area contributed by atoms with Crippen molar-refractivity contribution in [2.24, 2.45) is 0 Å². The fourth-order valence-electron chi connectivity index (χ4n) is 1.65. The van der Waals surface area contributed by atoms with E-state index in [1.807, 2.05) is 0 Å². The second-order valence-corrected chi connectivity index (χ2v) is 4.65. The fourth-order valence-corrected chi connectivity index (χ4v) is 1.78. The standard InChI is InChI=1S/C14H11ClN2O3/c1-9-2-7-12(17(19)20)8-13(9)16-14(18)10-3-5-11(15)6-4-10/h2-8H,1H3,(H,16,18). The molecule has 0 aliphatic heterocycles. The Morgan fingerprint density at radius 3 is 2.45 bits per heavy atom. The van der Waals surface area contributed by atoms with Crippen molar-refractivity contribution in [3.05, 3.63) is 68.7 Å². The number of anilines is 1. The average Bonchev–Trinajstić information content (AvgIpc) is 2.41. The van der Waals surface area contributed by atoms with Gasteiger partial charge < -0.3 is 5.32 Å². The third-order valence-corrected chi connectivity index (χ3v) is 3.04. The van der Waals surface area contributed by atoms with Crippen LogP contribution in [0.25, 0.3) is 0 Å². The quantitative estimate of drug-likeness (QED) is 0.690. The van der Waals surface area contributed by atoms with Crippen molar-refractivity contribution >= 4 is 28.9 Å². The van der Waals surface area contributed by atoms with Gasteiger partial charge in [0.1, 0.15) is 0 Å². The molecule has 0 fully saturated rings. The number of non-ortho nitro benzene ring substituents is 1. The zero-order valence-corrected chi connectivity index (χ0v) is 11.3. The van der Waals surface area contributed by atoms with E-state index in [4.69, 9.17) is 11.6 Å². The molecule has 0 aliphatic rings. The molecule has 0 bridgehead atoms. The first-order chi connectivity index (χ1) is 9.47. The molecule has 0 saturated carbocycles. The summed E-state index contributed by atoms with van der Waals surface area (Å²) in [5, 5.41) is 13.9. The van der Waals surface area contributed by atoms with Crippen molar-refractivity contribution in [3.63, 3.8) is 0 Å². The van der Waals surface area contributed by atoms with E-state index in [1.165, 1.54) is 12.1 Å². The molecule has 2 rings (SSSR count). The lowest BCUT2D eigenvalue weighted by molar-refractivity contribution is -0.384. The summed E-state index contributed by atoms with van der Waals surface area (Å²) in [5.41, 5.74) is 1.53. The Labute approximate surface area is 120 Å². The van der Waals surface area contributed by atoms with Gasteiger partial charge in [-0.05, 0) is 36.8 Å². The molecule has 1 amide bonds. The minimum Gasteiger partial charge on any atom is -0.321 e. The van der Waals surface area contributed by atoms with Gasteiger partial charge in [-0.1, -0.05) is 17.7 Å². The number of nitro benzene ring substituents is 1. The summed E-state index contributed by atoms with van der Waals surface area (Å²) in [6, 6.07) is 10.7. The highest BCUT2D eigenvalue weighted by molar-refractivity contribution is 6.30. The van der Waals surface area contributed by atoms with Crippen LogP contribution < -0.4 is 5.32 Å². The molecule has 0 aliphatic carbocycles. The second kappa shape index (κ2) is 5.71. The molecule has 6 heteroatoms. The number of aryl methyl sites for hydroxylation is 1. The summed E-state index contributed by atoms with van der Waals surface area (Å²) in [5.74, 6) is -0.342. The Morgan fingerprint density at radius 1 is 1.20 bits per heavy atom. The van der Waals surface area contributed by atoms with Crippen LogP contribution in [0, 0.1) is 17.0 Å². The molecule has 0 radical (unpaired) electrons. The summed E-state index contributed by atoms with van der Waals surface area (Å²) in [7, 11) is 0. The number of hydrogen-bond donors (Lipinski definition) is 1. The van der Waals surface area contributed by atoms with Gasteiger partial charge in [0.2, 0.25) is 0 Å². The van der Waals surface area contributed by atoms with Gasteiger partial charge in [0.05, 0.1) is 10.6 Å². The number of carbonyl (C=O) groups excluding carboxylic acids is 1. The predicted molar refractivity (Wildman–Crippen MR) is 77.2 cm³/mol. The highest BCUT2D eigenvalue weighted by atomic mass is 35.5. The number of carbonyl (C=O) groups is 1. The molecule has 2 aromatic rings. The average molecular weight is 291 g/mol. The van der Waals surface area contributed by atoms with Gasteiger partial charge >= 0.3 is 0 Å². The van der Waals surface area contributed by atoms with E-state index in [0.29, 0.717) is 16.3 Å². The molecule has 20 heavy (non-hydrogen) atoms. The minimum atomic E-state index is -0.503. The van der Waals surface area contributed by atoms with E-state index in [-0.39, 0.29) is 11.6 Å². The van der Waals surface area contributed by atoms with Crippen molar-refractivity contribution in [3.8, 4) is 0 Å². The normalized spacial score (nSPS) is 10.1. The maximum Gasteiger partial charge on any atom is 0.271 e. The van der Waals surface area contributed by atoms with Crippen LogP contribution in [-0.4, -0.2) is 10.8 Å². The van der Waals surface area contributed by atoms with Gasteiger partial charge in [0.15, 0.2) is 0 Å². The highest BCUT2D eigenvalue weighted by Gasteiger charge is 2.12. The molecule has 102 valence electrons. The van der Waals surface area contributed by atoms with Crippen LogP contribution in [0.3, 0.4) is 0 Å². The van der Waals surface area contributed by atoms with Crippen LogP contribution >= 0.6 is 11.6 Å². The summed E-state index contributed by atoms with van der Waals surface area (Å²) in [6.45, 7) is 1.77. The zero-order valence-electron chi connectivity index (χ0n) is 10.6. The molecule has 1 N–H and O–H groups in total. The number of nitrogens with zero attached hydrogens (tertiary/aromatic N) is 1. The van der Waals surface area contributed by atoms with Crippen molar-refractivity contribution in [2.45, 2.75) is 6.92 Å². The van der Waals surface area contributed by atoms with Crippen molar-refractivity contribution in [2.75, 3.05) is 5.32 Å². The Balaban J connectivity index is 2.25. The van der Waals surface area contributed by atoms with E-state index >= 15 is 0 Å². The van der Waals surface area contributed by atoms with E-state index in [1.54, 1.807) is 37.3 Å². The predicted octanol–water partition coefficient (Wildman–Crippen LogP) is 3.81. The van der Waals surface area contributed by atoms with Gasteiger partial charge in [-0.25, -0.2) is 0 Å². The third-order valence-electron chi connectivity index (χ3n) is 2.79. The first-order valence-corrected chi connectivity index (χ1v) is 6.17. The number of rotatable bonds is 3. The van der Waals surface area contributed by atoms with Gasteiger partial charge in [0, 0.05) is 22.7 Å². The number of nitro groups is 1. The third kappa shape index (κ3) is 3.13. The number of hydrogen-bond acceptors (Lipinski definition) is 3. The number of halogens is 1. The molecule has 2 aromatic carbocycles. The van der Waals surface area contributed by atoms with Crippen molar-refractivity contribution < 1.29 is 9.72 Å². The number of amides is 1. The van der Waals surface area contributed by atoms with E-state index in [9.17, 15) is 14.9 Å². The molecule has 0 saturated heterocycles. The minimum absolute atomic E-state index is 0.0676. The lowest BCUT2D eigenvalue weighted by Crippen LogP contribution is -2.12. The van der Waals surface area contributed by atoms with Crippen LogP contribution in [-0.2, 0) is 0 Å². The summed E-state index contributed by atoms with van der Waals surface area (Å²) < 4.78 is 0. The van der Waals surface area contributed by atoms with Crippen LogP contribution in [0.2, 0.25) is 5.02 Å². The Morgan fingerprint density at radius 2 is 1.85 bits per heavy atom. The van der Waals surface area contributed by atoms with Crippen LogP contribution in [0.5, 0.6) is 0 Å². The van der Waals surface area contributed by atoms with Gasteiger partial charge in [-0.3, -0.25) is 14.9 Å². The Hall–Kier alpha value is -2.40. The molecule has 5 nitrogen and oxygen atoms in total. The first kappa shape index (κ1) is 14.0. The Kier molecular flexibility index (Phi) is 4.00. The molecule has 0 atom stereocenters. The fraction of sp³-hybridized carbons (Fsp3) is 0.0714. The van der Waals surface area contributed by atoms with Crippen LogP contribution in [0.4, 0.5) is 11.4 Å². The van der Waals surface area contributed by atoms with Crippen molar-refractivity contribution in [1.29, 1.82) is 0 Å². The molecule has 0 unspecified atom stereocenters. The molecule has 0 spiro atoms. The lowest BCUT2D eigenvalue weighted by Gasteiger charge is -2.08. The SMILES string of the molecule is Cc1ccc([N+](=O)[O-])cc1NC(=O)c1ccc(Cl)cc1. The van der Waals surface area contributed by atoms with Gasteiger partial charge in [-0.15, -0.1) is 0 Å². The van der Waals surface area contributed by atoms with Gasteiger partial charge in [0.25, 0.3) is 11.6 Å². The van der Waals surface area contributed by atoms with Crippen LogP contribution in [0.1, 0.15) is 15.9 Å². The van der Waals surface area contributed by atoms with E-state index in [2.05, 4.69) is 5.32 Å². The molecule has 0 aromatic heterocycles. The molecular formula is C14H11ClN2O3. The topological polar surface area (TPSA) is 72.2 Å². The second-order valence-electron chi connectivity index (χ2n) is 4.22. The largest absolute Gasteiger partial charge is 0.321 e. The summed E-state index contributed by atoms with van der Waals surface area (Å²) in [6.07, 6.45) is 0. The zero-order chi connectivity index (χ0) is 14.7. The maximum atomic E-state index is 12.0. The van der Waals surface area contributed by atoms with E-state index in [0.717, 1.165) is 5.56 Å². The summed E-state index contributed by atoms with van der Waals surface area (Å²) in [4.78, 5) is 22.3.